The number of aliphatic imine (C=N–C) groups is 1. The number of pyridine rings is 1. The summed E-state index contributed by atoms with van der Waals surface area (Å²) in [5.74, 6) is -0.750. The number of nitrogens with zero attached hydrogens (tertiary/aromatic N) is 2. The number of allylic oxidation sites excluding steroid dienone is 2. The summed E-state index contributed by atoms with van der Waals surface area (Å²) >= 11 is 6.29. The Kier molecular flexibility index (Phi) is 5.56. The van der Waals surface area contributed by atoms with Gasteiger partial charge in [-0.3, -0.25) is 14.6 Å². The van der Waals surface area contributed by atoms with Gasteiger partial charge in [-0.15, -0.1) is 0 Å². The molecular weight excluding hydrogens is 410 g/mol. The molecule has 1 N–H and O–H groups in total. The second-order valence-electron chi connectivity index (χ2n) is 9.27. The number of Topliss-reactive ketones (excluding diaryl/α,β-unsaturated/α-hetero) is 1. The molecule has 4 rings (SSSR count). The van der Waals surface area contributed by atoms with Crippen LogP contribution in [0, 0.1) is 18.3 Å². The predicted molar refractivity (Wildman–Crippen MR) is 123 cm³/mol. The molecular formula is C25H26ClN3O2. The molecule has 1 aromatic carbocycles. The summed E-state index contributed by atoms with van der Waals surface area (Å²) in [7, 11) is 0. The van der Waals surface area contributed by atoms with E-state index in [0.717, 1.165) is 16.8 Å². The number of amides is 1. The first-order chi connectivity index (χ1) is 14.6. The predicted octanol–water partition coefficient (Wildman–Crippen LogP) is 5.50. The second kappa shape index (κ2) is 8.04. The van der Waals surface area contributed by atoms with Crippen LogP contribution in [0.1, 0.15) is 50.7 Å². The summed E-state index contributed by atoms with van der Waals surface area (Å²) in [5.41, 5.74) is 3.83. The van der Waals surface area contributed by atoms with Crippen LogP contribution in [-0.4, -0.2) is 22.4 Å². The smallest absolute Gasteiger partial charge is 0.235 e. The number of aromatic nitrogens is 1. The molecule has 0 saturated carbocycles. The summed E-state index contributed by atoms with van der Waals surface area (Å²) in [5, 5.41) is 3.48. The van der Waals surface area contributed by atoms with Gasteiger partial charge in [0.05, 0.1) is 5.92 Å². The molecule has 6 heteroatoms. The Morgan fingerprint density at radius 2 is 1.94 bits per heavy atom. The van der Waals surface area contributed by atoms with E-state index in [0.29, 0.717) is 35.0 Å². The zero-order chi connectivity index (χ0) is 22.3. The van der Waals surface area contributed by atoms with Gasteiger partial charge in [0.2, 0.25) is 5.91 Å². The zero-order valence-electron chi connectivity index (χ0n) is 18.2. The van der Waals surface area contributed by atoms with Gasteiger partial charge in [0.15, 0.2) is 5.78 Å². The third kappa shape index (κ3) is 4.33. The highest BCUT2D eigenvalue weighted by Gasteiger charge is 2.45. The number of hydrogen-bond donors (Lipinski definition) is 1. The van der Waals surface area contributed by atoms with Crippen molar-refractivity contribution in [3.05, 3.63) is 70.0 Å². The quantitative estimate of drug-likeness (QED) is 0.691. The molecule has 0 bridgehead atoms. The Labute approximate surface area is 187 Å². The Morgan fingerprint density at radius 1 is 1.16 bits per heavy atom. The van der Waals surface area contributed by atoms with Gasteiger partial charge in [0, 0.05) is 40.5 Å². The normalized spacial score (nSPS) is 22.6. The minimum absolute atomic E-state index is 0.0544. The van der Waals surface area contributed by atoms with E-state index >= 15 is 0 Å². The number of carbonyl (C=O) groups is 2. The third-order valence-corrected chi connectivity index (χ3v) is 6.19. The van der Waals surface area contributed by atoms with Crippen molar-refractivity contribution in [2.24, 2.45) is 16.3 Å². The number of anilines is 1. The van der Waals surface area contributed by atoms with Crippen molar-refractivity contribution in [2.75, 3.05) is 5.32 Å². The minimum Gasteiger partial charge on any atom is -0.310 e. The van der Waals surface area contributed by atoms with Crippen LogP contribution in [0.5, 0.6) is 0 Å². The lowest BCUT2D eigenvalue weighted by atomic mass is 9.66. The van der Waals surface area contributed by atoms with Gasteiger partial charge in [0.25, 0.3) is 0 Å². The maximum Gasteiger partial charge on any atom is 0.235 e. The van der Waals surface area contributed by atoms with Crippen molar-refractivity contribution >= 4 is 34.8 Å². The molecule has 2 heterocycles. The number of hydrogen-bond acceptors (Lipinski definition) is 4. The van der Waals surface area contributed by atoms with Gasteiger partial charge >= 0.3 is 0 Å². The fraction of sp³-hybridized carbons (Fsp3) is 0.360. The molecule has 31 heavy (non-hydrogen) atoms. The van der Waals surface area contributed by atoms with Crippen LogP contribution >= 0.6 is 11.6 Å². The molecule has 2 aromatic rings. The van der Waals surface area contributed by atoms with Crippen molar-refractivity contribution in [2.45, 2.75) is 46.5 Å². The lowest BCUT2D eigenvalue weighted by Crippen LogP contribution is -2.41. The summed E-state index contributed by atoms with van der Waals surface area (Å²) in [6.07, 6.45) is 2.85. The van der Waals surface area contributed by atoms with Crippen molar-refractivity contribution < 1.29 is 9.59 Å². The van der Waals surface area contributed by atoms with E-state index < -0.39 is 11.8 Å². The van der Waals surface area contributed by atoms with E-state index in [1.807, 2.05) is 38.1 Å². The molecule has 5 nitrogen and oxygen atoms in total. The number of halogens is 1. The number of carbonyl (C=O) groups excluding carboxylic acids is 2. The molecule has 160 valence electrons. The molecule has 0 saturated heterocycles. The largest absolute Gasteiger partial charge is 0.310 e. The average Bonchev–Trinajstić information content (AvgIpc) is 2.67. The van der Waals surface area contributed by atoms with E-state index in [9.17, 15) is 9.59 Å². The molecule has 2 atom stereocenters. The van der Waals surface area contributed by atoms with Crippen LogP contribution in [0.25, 0.3) is 0 Å². The fourth-order valence-electron chi connectivity index (χ4n) is 4.59. The Hall–Kier alpha value is -2.79. The summed E-state index contributed by atoms with van der Waals surface area (Å²) in [6, 6.07) is 11.1. The van der Waals surface area contributed by atoms with Crippen molar-refractivity contribution in [1.29, 1.82) is 0 Å². The highest BCUT2D eigenvalue weighted by Crippen LogP contribution is 2.48. The highest BCUT2D eigenvalue weighted by molar-refractivity contribution is 6.30. The second-order valence-corrected chi connectivity index (χ2v) is 9.71. The lowest BCUT2D eigenvalue weighted by Gasteiger charge is -2.39. The van der Waals surface area contributed by atoms with E-state index in [1.165, 1.54) is 0 Å². The molecule has 1 amide bonds. The molecule has 0 spiro atoms. The number of rotatable bonds is 3. The molecule has 1 aliphatic carbocycles. The minimum atomic E-state index is -0.620. The first-order valence-corrected chi connectivity index (χ1v) is 10.8. The highest BCUT2D eigenvalue weighted by atomic mass is 35.5. The van der Waals surface area contributed by atoms with Crippen molar-refractivity contribution in [3.8, 4) is 0 Å². The monoisotopic (exact) mass is 435 g/mol. The average molecular weight is 436 g/mol. The molecule has 1 aromatic heterocycles. The van der Waals surface area contributed by atoms with Gasteiger partial charge in [-0.1, -0.05) is 43.6 Å². The van der Waals surface area contributed by atoms with E-state index in [1.54, 1.807) is 18.3 Å². The Balaban J connectivity index is 1.79. The van der Waals surface area contributed by atoms with Crippen molar-refractivity contribution in [1.82, 2.24) is 4.98 Å². The van der Waals surface area contributed by atoms with Crippen LogP contribution in [0.2, 0.25) is 5.02 Å². The van der Waals surface area contributed by atoms with Crippen LogP contribution in [-0.2, 0) is 9.59 Å². The standard InChI is InChI=1S/C25H26ClN3O2/c1-14-8-9-20(27-13-14)29-24(31)21-15(2)28-18-11-25(3,4)12-19(30)23(18)22(21)16-6-5-7-17(26)10-16/h5-10,13,21-22H,11-12H2,1-4H3,(H,27,29,31)/t21?,22-/m0/s1. The first kappa shape index (κ1) is 21.4. The summed E-state index contributed by atoms with van der Waals surface area (Å²) in [4.78, 5) is 35.8. The Bertz CT molecular complexity index is 1120. The number of aryl methyl sites for hydroxylation is 1. The zero-order valence-corrected chi connectivity index (χ0v) is 19.0. The van der Waals surface area contributed by atoms with Gasteiger partial charge in [-0.25, -0.2) is 4.98 Å². The number of nitrogens with one attached hydrogen (secondary N) is 1. The Morgan fingerprint density at radius 3 is 2.61 bits per heavy atom. The van der Waals surface area contributed by atoms with E-state index in [-0.39, 0.29) is 17.1 Å². The van der Waals surface area contributed by atoms with Crippen LogP contribution in [0.15, 0.2) is 58.9 Å². The summed E-state index contributed by atoms with van der Waals surface area (Å²) in [6.45, 7) is 7.96. The molecule has 1 aliphatic heterocycles. The maximum atomic E-state index is 13.4. The third-order valence-electron chi connectivity index (χ3n) is 5.96. The lowest BCUT2D eigenvalue weighted by molar-refractivity contribution is -0.119. The number of benzene rings is 1. The summed E-state index contributed by atoms with van der Waals surface area (Å²) < 4.78 is 0. The van der Waals surface area contributed by atoms with E-state index in [4.69, 9.17) is 16.6 Å². The maximum absolute atomic E-state index is 13.4. The van der Waals surface area contributed by atoms with Gasteiger partial charge in [-0.2, -0.15) is 0 Å². The molecule has 1 unspecified atom stereocenters. The van der Waals surface area contributed by atoms with E-state index in [2.05, 4.69) is 24.1 Å². The van der Waals surface area contributed by atoms with Gasteiger partial charge in [0.1, 0.15) is 5.82 Å². The topological polar surface area (TPSA) is 71.4 Å². The van der Waals surface area contributed by atoms with Crippen LogP contribution in [0.3, 0.4) is 0 Å². The SMILES string of the molecule is CC1=NC2=C(C(=O)CC(C)(C)C2)[C@@H](c2cccc(Cl)c2)C1C(=O)Nc1ccc(C)cn1. The molecule has 0 fully saturated rings. The first-order valence-electron chi connectivity index (χ1n) is 10.4. The molecule has 2 aliphatic rings. The van der Waals surface area contributed by atoms with Gasteiger partial charge in [-0.05, 0) is 55.0 Å². The van der Waals surface area contributed by atoms with Crippen LogP contribution in [0.4, 0.5) is 5.82 Å². The molecule has 0 radical (unpaired) electrons. The van der Waals surface area contributed by atoms with Gasteiger partial charge < -0.3 is 5.32 Å². The fourth-order valence-corrected chi connectivity index (χ4v) is 4.79. The van der Waals surface area contributed by atoms with Crippen LogP contribution < -0.4 is 5.32 Å². The van der Waals surface area contributed by atoms with Crippen molar-refractivity contribution in [3.63, 3.8) is 0 Å². The number of ketones is 1.